The maximum Gasteiger partial charge on any atom is 0.279 e. The molecule has 0 saturated carbocycles. The van der Waals surface area contributed by atoms with Crippen LogP contribution in [0.4, 0.5) is 34.4 Å². The van der Waals surface area contributed by atoms with Crippen LogP contribution in [-0.2, 0) is 4.79 Å². The highest BCUT2D eigenvalue weighted by atomic mass is 16.3. The highest BCUT2D eigenvalue weighted by Gasteiger charge is 2.44. The highest BCUT2D eigenvalue weighted by Crippen LogP contribution is 2.27. The van der Waals surface area contributed by atoms with Gasteiger partial charge >= 0.3 is 0 Å². The molecule has 2 aliphatic rings. The number of nitrogens with zero attached hydrogens (tertiary/aromatic N) is 12. The fourth-order valence-electron chi connectivity index (χ4n) is 8.62. The molecule has 8 aromatic heterocycles. The van der Waals surface area contributed by atoms with E-state index in [0.29, 0.717) is 66.9 Å². The number of rotatable bonds is 17. The van der Waals surface area contributed by atoms with Crippen molar-refractivity contribution in [3.63, 3.8) is 0 Å². The Morgan fingerprint density at radius 2 is 1.30 bits per heavy atom. The number of carbonyl (C=O) groups excluding carboxylic acids is 3. The second kappa shape index (κ2) is 19.2. The number of aliphatic hydroxyl groups is 1. The molecule has 10 rings (SSSR count). The van der Waals surface area contributed by atoms with Crippen LogP contribution in [0.15, 0.2) is 120 Å². The van der Waals surface area contributed by atoms with Crippen molar-refractivity contribution in [1.82, 2.24) is 68.7 Å². The number of likely N-dealkylation sites (tertiary alicyclic amines) is 2. The summed E-state index contributed by atoms with van der Waals surface area (Å²) < 4.78 is 5.55. The third kappa shape index (κ3) is 9.06. The monoisotopic (exact) mass is 960 g/mol. The van der Waals surface area contributed by atoms with E-state index >= 15 is 0 Å². The van der Waals surface area contributed by atoms with Crippen LogP contribution in [0.5, 0.6) is 0 Å². The lowest BCUT2D eigenvalue weighted by Gasteiger charge is -2.39. The Hall–Kier alpha value is -9.03. The van der Waals surface area contributed by atoms with Gasteiger partial charge in [-0.05, 0) is 61.9 Å². The van der Waals surface area contributed by atoms with Gasteiger partial charge in [0, 0.05) is 83.2 Å². The van der Waals surface area contributed by atoms with Crippen LogP contribution in [0.25, 0.3) is 22.9 Å². The Morgan fingerprint density at radius 1 is 0.718 bits per heavy atom. The largest absolute Gasteiger partial charge is 0.395 e. The molecule has 71 heavy (non-hydrogen) atoms. The maximum atomic E-state index is 14.1. The number of hydrogen-bond acceptors (Lipinski definition) is 17. The zero-order chi connectivity index (χ0) is 49.2. The highest BCUT2D eigenvalue weighted by molar-refractivity contribution is 5.99. The van der Waals surface area contributed by atoms with Gasteiger partial charge in [0.05, 0.1) is 36.4 Å². The average molecular weight is 961 g/mol. The average Bonchev–Trinajstić information content (AvgIpc) is 4.08. The lowest BCUT2D eigenvalue weighted by Crippen LogP contribution is -2.59. The van der Waals surface area contributed by atoms with Crippen molar-refractivity contribution in [3.05, 3.63) is 142 Å². The third-order valence-electron chi connectivity index (χ3n) is 12.3. The minimum atomic E-state index is -1.27. The van der Waals surface area contributed by atoms with E-state index in [-0.39, 0.29) is 77.2 Å². The molecule has 1 atom stereocenters. The summed E-state index contributed by atoms with van der Waals surface area (Å²) in [6.45, 7) is 4.20. The number of imidazole rings is 2. The summed E-state index contributed by atoms with van der Waals surface area (Å²) >= 11 is 0. The van der Waals surface area contributed by atoms with Crippen LogP contribution in [0.1, 0.15) is 34.3 Å². The molecule has 0 bridgehead atoms. The summed E-state index contributed by atoms with van der Waals surface area (Å²) in [7, 11) is 1.70. The molecule has 24 nitrogen and oxygen atoms in total. The molecule has 0 aliphatic carbocycles. The van der Waals surface area contributed by atoms with Gasteiger partial charge in [-0.3, -0.25) is 38.0 Å². The van der Waals surface area contributed by atoms with E-state index in [9.17, 15) is 29.1 Å². The Kier molecular flexibility index (Phi) is 12.3. The molecule has 1 unspecified atom stereocenters. The fraction of sp³-hybridized carbons (Fsp3) is 0.255. The number of nitrogens with one attached hydrogen (secondary N) is 6. The minimum absolute atomic E-state index is 0.0251. The second-order valence-corrected chi connectivity index (χ2v) is 17.1. The Morgan fingerprint density at radius 3 is 1.86 bits per heavy atom. The Labute approximate surface area is 403 Å². The summed E-state index contributed by atoms with van der Waals surface area (Å²) in [5.41, 5.74) is 0.276. The predicted molar refractivity (Wildman–Crippen MR) is 262 cm³/mol. The number of aromatic nitrogens is 10. The predicted octanol–water partition coefficient (Wildman–Crippen LogP) is 1.63. The number of hydrogen-bond donors (Lipinski definition) is 7. The van der Waals surface area contributed by atoms with E-state index < -0.39 is 17.4 Å². The standard InChI is InChI=1S/C47H48N18O6/c1-47(57-43(68)35-26-52-40-32(48-2)23-36(58-65(35)40)55-30-9-7-17-62(44(30)69)38-11-3-5-14-50-38)13-19-61(46(47)71)20-16-49-33-24-37(56-31-10-8-18-63(45(31)70)39-12-4-6-15-51-39)59-64-34(25-53-41(33)64)42(67)54-29-27-60(28-29)21-22-66/h3-12,14-15,17-18,23-26,29,48-49,66H,13,16,19-22,27-28H2,1-2H3,(H,54,67)(H,55,58)(H,56,59)(H,57,68). The number of amides is 3. The van der Waals surface area contributed by atoms with Crippen LogP contribution in [-0.4, -0.2) is 145 Å². The summed E-state index contributed by atoms with van der Waals surface area (Å²) in [5, 5.41) is 37.1. The van der Waals surface area contributed by atoms with Crippen molar-refractivity contribution in [2.45, 2.75) is 24.9 Å². The van der Waals surface area contributed by atoms with Gasteiger partial charge in [0.1, 0.15) is 28.5 Å². The minimum Gasteiger partial charge on any atom is -0.395 e. The molecule has 0 aromatic carbocycles. The maximum absolute atomic E-state index is 14.1. The molecule has 0 spiro atoms. The van der Waals surface area contributed by atoms with Gasteiger partial charge < -0.3 is 41.9 Å². The molecule has 10 heterocycles. The van der Waals surface area contributed by atoms with Crippen LogP contribution >= 0.6 is 0 Å². The molecular formula is C47H48N18O6. The van der Waals surface area contributed by atoms with E-state index in [0.717, 1.165) is 0 Å². The topological polar surface area (TPSA) is 280 Å². The second-order valence-electron chi connectivity index (χ2n) is 17.1. The summed E-state index contributed by atoms with van der Waals surface area (Å²) in [6.07, 6.45) is 9.52. The van der Waals surface area contributed by atoms with E-state index in [1.807, 2.05) is 4.90 Å². The lowest BCUT2D eigenvalue weighted by molar-refractivity contribution is -0.132. The first kappa shape index (κ1) is 45.7. The van der Waals surface area contributed by atoms with E-state index in [1.54, 1.807) is 116 Å². The molecule has 2 aliphatic heterocycles. The van der Waals surface area contributed by atoms with Crippen LogP contribution in [0.2, 0.25) is 0 Å². The zero-order valence-corrected chi connectivity index (χ0v) is 38.5. The molecule has 3 amide bonds. The quantitative estimate of drug-likeness (QED) is 0.0683. The van der Waals surface area contributed by atoms with Gasteiger partial charge in [-0.25, -0.2) is 29.0 Å². The number of aliphatic hydroxyl groups excluding tert-OH is 1. The molecule has 362 valence electrons. The van der Waals surface area contributed by atoms with Crippen molar-refractivity contribution in [3.8, 4) is 11.6 Å². The van der Waals surface area contributed by atoms with Crippen molar-refractivity contribution in [2.75, 3.05) is 74.2 Å². The van der Waals surface area contributed by atoms with Crippen molar-refractivity contribution >= 4 is 63.4 Å². The summed E-state index contributed by atoms with van der Waals surface area (Å²) in [4.78, 5) is 90.1. The zero-order valence-electron chi connectivity index (χ0n) is 38.5. The summed E-state index contributed by atoms with van der Waals surface area (Å²) in [5.74, 6) is 0.0642. The van der Waals surface area contributed by atoms with Crippen molar-refractivity contribution in [2.24, 2.45) is 0 Å². The first-order valence-electron chi connectivity index (χ1n) is 22.8. The van der Waals surface area contributed by atoms with Gasteiger partial charge in [-0.2, -0.15) is 0 Å². The fourth-order valence-corrected chi connectivity index (χ4v) is 8.62. The van der Waals surface area contributed by atoms with Gasteiger partial charge in [0.15, 0.2) is 34.3 Å². The van der Waals surface area contributed by atoms with Crippen LogP contribution < -0.4 is 43.0 Å². The first-order valence-corrected chi connectivity index (χ1v) is 22.8. The molecule has 0 radical (unpaired) electrons. The van der Waals surface area contributed by atoms with E-state index in [1.165, 1.54) is 30.6 Å². The van der Waals surface area contributed by atoms with E-state index in [2.05, 4.69) is 62.0 Å². The molecule has 24 heteroatoms. The number of carbonyl (C=O) groups is 3. The molecule has 2 fully saturated rings. The van der Waals surface area contributed by atoms with Crippen molar-refractivity contribution < 1.29 is 19.5 Å². The van der Waals surface area contributed by atoms with Crippen molar-refractivity contribution in [1.29, 1.82) is 0 Å². The smallest absolute Gasteiger partial charge is 0.279 e. The van der Waals surface area contributed by atoms with Crippen LogP contribution in [0, 0.1) is 0 Å². The van der Waals surface area contributed by atoms with Gasteiger partial charge in [0.25, 0.3) is 22.9 Å². The third-order valence-corrected chi connectivity index (χ3v) is 12.3. The number of fused-ring (bicyclic) bond motifs is 2. The van der Waals surface area contributed by atoms with E-state index in [4.69, 9.17) is 0 Å². The Bertz CT molecular complexity index is 3420. The number of β-amino-alcohol motifs (C(OH)–C–C–N with tert-alkyl or cyclic N) is 1. The Balaban J connectivity index is 0.848. The SMILES string of the molecule is CNc1cc(Nc2cccn(-c3ccccn3)c2=O)nn2c(C(=O)NC3(C)CCN(CCNc4cc(Nc5cccn(-c6ccccn6)c5=O)nn5c(C(=O)NC6CN(CCO)C6)cnc45)C3=O)cnc12. The van der Waals surface area contributed by atoms with Gasteiger partial charge in [0.2, 0.25) is 5.91 Å². The molecule has 2 saturated heterocycles. The van der Waals surface area contributed by atoms with Crippen LogP contribution in [0.3, 0.4) is 0 Å². The number of anilines is 6. The van der Waals surface area contributed by atoms with Gasteiger partial charge in [-0.1, -0.05) is 12.1 Å². The first-order chi connectivity index (χ1) is 34.5. The molecule has 7 N–H and O–H groups in total. The molecular weight excluding hydrogens is 913 g/mol. The number of pyridine rings is 4. The van der Waals surface area contributed by atoms with Gasteiger partial charge in [-0.15, -0.1) is 10.2 Å². The molecule has 8 aromatic rings. The normalized spacial score (nSPS) is 16.0. The lowest BCUT2D eigenvalue weighted by atomic mass is 10.0. The summed E-state index contributed by atoms with van der Waals surface area (Å²) in [6, 6.07) is 20.3.